The molecule has 0 bridgehead atoms. The fourth-order valence-corrected chi connectivity index (χ4v) is 6.19. The summed E-state index contributed by atoms with van der Waals surface area (Å²) in [5, 5.41) is 9.26. The van der Waals surface area contributed by atoms with Gasteiger partial charge in [-0.15, -0.1) is 0 Å². The van der Waals surface area contributed by atoms with E-state index < -0.39 is 0 Å². The van der Waals surface area contributed by atoms with Crippen molar-refractivity contribution in [3.63, 3.8) is 0 Å². The highest BCUT2D eigenvalue weighted by molar-refractivity contribution is 14.1. The topological polar surface area (TPSA) is 53.3 Å². The second kappa shape index (κ2) is 10.2. The number of carbonyl (C=O) groups excluding carboxylic acids is 1. The van der Waals surface area contributed by atoms with Gasteiger partial charge in [-0.3, -0.25) is 9.69 Å². The van der Waals surface area contributed by atoms with Gasteiger partial charge in [-0.1, -0.05) is 60.4 Å². The first kappa shape index (κ1) is 23.0. The second-order valence-corrected chi connectivity index (χ2v) is 10.4. The number of thiocarbonyl (C=S) groups is 1. The summed E-state index contributed by atoms with van der Waals surface area (Å²) in [6, 6.07) is 22.8. The molecule has 4 nitrogen and oxygen atoms in total. The Kier molecular flexibility index (Phi) is 7.30. The predicted octanol–water partition coefficient (Wildman–Crippen LogP) is 6.91. The minimum Gasteiger partial charge on any atom is -0.487 e. The Morgan fingerprint density at radius 1 is 1.16 bits per heavy atom. The number of thioether (sulfide) groups is 1. The third kappa shape index (κ3) is 4.91. The average molecular weight is 633 g/mol. The SMILES string of the molecule is N#Cc1ccccc1COc1c(Br)cc(/C=C2/SC(=S)N(c3ccccc3)C2=O)cc1I. The molecule has 0 spiro atoms. The number of hydrogen-bond donors (Lipinski definition) is 0. The lowest BCUT2D eigenvalue weighted by molar-refractivity contribution is -0.113. The van der Waals surface area contributed by atoms with Crippen LogP contribution in [0.4, 0.5) is 5.69 Å². The third-order valence-corrected chi connectivity index (χ3v) is 7.33. The van der Waals surface area contributed by atoms with E-state index >= 15 is 0 Å². The van der Waals surface area contributed by atoms with Crippen LogP contribution in [0.15, 0.2) is 76.1 Å². The molecule has 0 radical (unpaired) electrons. The molecule has 0 saturated carbocycles. The maximum atomic E-state index is 13.0. The Morgan fingerprint density at radius 2 is 1.88 bits per heavy atom. The van der Waals surface area contributed by atoms with Crippen LogP contribution in [0.1, 0.15) is 16.7 Å². The van der Waals surface area contributed by atoms with Crippen molar-refractivity contribution in [1.29, 1.82) is 5.26 Å². The van der Waals surface area contributed by atoms with Crippen LogP contribution in [0.3, 0.4) is 0 Å². The number of hydrogen-bond acceptors (Lipinski definition) is 5. The lowest BCUT2D eigenvalue weighted by atomic mass is 10.1. The van der Waals surface area contributed by atoms with E-state index in [-0.39, 0.29) is 12.5 Å². The van der Waals surface area contributed by atoms with Crippen molar-refractivity contribution < 1.29 is 9.53 Å². The molecule has 3 aromatic carbocycles. The number of halogens is 2. The first-order chi connectivity index (χ1) is 15.5. The van der Waals surface area contributed by atoms with Gasteiger partial charge in [-0.05, 0) is 80.5 Å². The van der Waals surface area contributed by atoms with Crippen LogP contribution in [0, 0.1) is 14.9 Å². The number of nitrogens with zero attached hydrogens (tertiary/aromatic N) is 2. The van der Waals surface area contributed by atoms with Crippen LogP contribution in [-0.4, -0.2) is 10.2 Å². The van der Waals surface area contributed by atoms with Gasteiger partial charge in [0.15, 0.2) is 4.32 Å². The summed E-state index contributed by atoms with van der Waals surface area (Å²) in [5.74, 6) is 0.554. The van der Waals surface area contributed by atoms with Gasteiger partial charge >= 0.3 is 0 Å². The van der Waals surface area contributed by atoms with E-state index in [0.717, 1.165) is 24.9 Å². The van der Waals surface area contributed by atoms with Crippen LogP contribution in [0.5, 0.6) is 5.75 Å². The highest BCUT2D eigenvalue weighted by atomic mass is 127. The minimum atomic E-state index is -0.134. The van der Waals surface area contributed by atoms with Crippen molar-refractivity contribution in [1.82, 2.24) is 0 Å². The van der Waals surface area contributed by atoms with Gasteiger partial charge < -0.3 is 4.74 Å². The summed E-state index contributed by atoms with van der Waals surface area (Å²) in [6.45, 7) is 0.285. The normalized spacial score (nSPS) is 14.7. The first-order valence-electron chi connectivity index (χ1n) is 9.41. The zero-order valence-corrected chi connectivity index (χ0v) is 21.8. The third-order valence-electron chi connectivity index (χ3n) is 4.64. The van der Waals surface area contributed by atoms with Crippen LogP contribution >= 0.6 is 62.5 Å². The maximum absolute atomic E-state index is 13.0. The Bertz CT molecular complexity index is 1270. The summed E-state index contributed by atoms with van der Waals surface area (Å²) < 4.78 is 8.17. The van der Waals surface area contributed by atoms with Gasteiger partial charge in [0.05, 0.1) is 30.3 Å². The monoisotopic (exact) mass is 632 g/mol. The van der Waals surface area contributed by atoms with Crippen molar-refractivity contribution in [2.75, 3.05) is 4.90 Å². The minimum absolute atomic E-state index is 0.134. The van der Waals surface area contributed by atoms with Crippen molar-refractivity contribution >= 4 is 84.5 Å². The van der Waals surface area contributed by atoms with E-state index in [1.165, 1.54) is 11.8 Å². The molecule has 0 aromatic heterocycles. The maximum Gasteiger partial charge on any atom is 0.270 e. The number of benzene rings is 3. The molecular formula is C24H14BrIN2O2S2. The van der Waals surface area contributed by atoms with Gasteiger partial charge in [-0.2, -0.15) is 5.26 Å². The number of anilines is 1. The summed E-state index contributed by atoms with van der Waals surface area (Å²) in [6.07, 6.45) is 1.84. The highest BCUT2D eigenvalue weighted by Gasteiger charge is 2.33. The van der Waals surface area contributed by atoms with E-state index in [1.54, 1.807) is 11.0 Å². The molecule has 1 fully saturated rings. The predicted molar refractivity (Wildman–Crippen MR) is 144 cm³/mol. The first-order valence-corrected chi connectivity index (χ1v) is 12.5. The zero-order valence-electron chi connectivity index (χ0n) is 16.4. The molecule has 8 heteroatoms. The van der Waals surface area contributed by atoms with Crippen molar-refractivity contribution in [3.05, 3.63) is 96.4 Å². The summed E-state index contributed by atoms with van der Waals surface area (Å²) in [4.78, 5) is 15.1. The molecule has 0 N–H and O–H groups in total. The van der Waals surface area contributed by atoms with Crippen LogP contribution in [-0.2, 0) is 11.4 Å². The zero-order chi connectivity index (χ0) is 22.7. The van der Waals surface area contributed by atoms with E-state index in [2.05, 4.69) is 44.6 Å². The molecule has 1 aliphatic heterocycles. The largest absolute Gasteiger partial charge is 0.487 e. The van der Waals surface area contributed by atoms with Crippen molar-refractivity contribution in [2.24, 2.45) is 0 Å². The van der Waals surface area contributed by atoms with E-state index in [9.17, 15) is 10.1 Å². The van der Waals surface area contributed by atoms with Crippen LogP contribution < -0.4 is 9.64 Å². The Morgan fingerprint density at radius 3 is 2.59 bits per heavy atom. The van der Waals surface area contributed by atoms with E-state index in [0.29, 0.717) is 20.5 Å². The fraction of sp³-hybridized carbons (Fsp3) is 0.0417. The molecule has 158 valence electrons. The van der Waals surface area contributed by atoms with E-state index in [4.69, 9.17) is 17.0 Å². The number of nitriles is 1. The number of para-hydroxylation sites is 1. The summed E-state index contributed by atoms with van der Waals surface area (Å²) >= 11 is 12.5. The Hall–Kier alpha value is -2.19. The molecule has 32 heavy (non-hydrogen) atoms. The molecule has 4 rings (SSSR count). The molecule has 1 saturated heterocycles. The lowest BCUT2D eigenvalue weighted by Crippen LogP contribution is -2.27. The lowest BCUT2D eigenvalue weighted by Gasteiger charge is -2.14. The van der Waals surface area contributed by atoms with Crippen molar-refractivity contribution in [2.45, 2.75) is 6.61 Å². The average Bonchev–Trinajstić information content (AvgIpc) is 3.06. The van der Waals surface area contributed by atoms with Gasteiger partial charge in [0.25, 0.3) is 5.91 Å². The van der Waals surface area contributed by atoms with Crippen molar-refractivity contribution in [3.8, 4) is 11.8 Å². The molecule has 0 aliphatic carbocycles. The molecule has 0 unspecified atom stereocenters. The van der Waals surface area contributed by atoms with Gasteiger partial charge in [0.2, 0.25) is 0 Å². The summed E-state index contributed by atoms with van der Waals surface area (Å²) in [7, 11) is 0. The van der Waals surface area contributed by atoms with Crippen LogP contribution in [0.25, 0.3) is 6.08 Å². The molecule has 1 aliphatic rings. The Labute approximate surface area is 217 Å². The number of carbonyl (C=O) groups is 1. The van der Waals surface area contributed by atoms with Gasteiger partial charge in [-0.25, -0.2) is 0 Å². The molecule has 3 aromatic rings. The van der Waals surface area contributed by atoms with Crippen LogP contribution in [0.2, 0.25) is 0 Å². The molecule has 0 atom stereocenters. The second-order valence-electron chi connectivity index (χ2n) is 6.72. The Balaban J connectivity index is 1.56. The molecule has 1 amide bonds. The number of ether oxygens (including phenoxy) is 1. The quantitative estimate of drug-likeness (QED) is 0.174. The smallest absolute Gasteiger partial charge is 0.270 e. The standard InChI is InChI=1S/C24H14BrIN2O2S2/c25-19-10-15(11-20(26)22(19)30-14-17-7-5-4-6-16(17)13-27)12-21-23(29)28(24(31)32-21)18-8-2-1-3-9-18/h1-12H,14H2/b21-12+. The van der Waals surface area contributed by atoms with Gasteiger partial charge in [0.1, 0.15) is 12.4 Å². The molecular weight excluding hydrogens is 619 g/mol. The van der Waals surface area contributed by atoms with E-state index in [1.807, 2.05) is 66.7 Å². The van der Waals surface area contributed by atoms with Gasteiger partial charge in [0, 0.05) is 5.56 Å². The number of rotatable bonds is 5. The summed E-state index contributed by atoms with van der Waals surface area (Å²) in [5.41, 5.74) is 3.04. The highest BCUT2D eigenvalue weighted by Crippen LogP contribution is 2.38. The number of amides is 1. The molecule has 1 heterocycles. The fourth-order valence-electron chi connectivity index (χ4n) is 3.12.